The van der Waals surface area contributed by atoms with E-state index < -0.39 is 6.04 Å². The summed E-state index contributed by atoms with van der Waals surface area (Å²) in [7, 11) is 0. The van der Waals surface area contributed by atoms with Crippen LogP contribution in [-0.4, -0.2) is 38.7 Å². The third-order valence-corrected chi connectivity index (χ3v) is 6.01. The van der Waals surface area contributed by atoms with Gasteiger partial charge in [0.1, 0.15) is 5.82 Å². The number of carbonyl (C=O) groups excluding carboxylic acids is 1. The minimum atomic E-state index is -0.577. The first-order chi connectivity index (χ1) is 14.0. The van der Waals surface area contributed by atoms with E-state index >= 15 is 0 Å². The Bertz CT molecular complexity index is 1020. The highest BCUT2D eigenvalue weighted by molar-refractivity contribution is 7.80. The number of imidazole rings is 1. The Morgan fingerprint density at radius 3 is 2.72 bits per heavy atom. The maximum absolute atomic E-state index is 12.9. The van der Waals surface area contributed by atoms with Gasteiger partial charge in [0, 0.05) is 30.6 Å². The fourth-order valence-electron chi connectivity index (χ4n) is 4.20. The number of hydrogen-bond donors (Lipinski definition) is 2. The van der Waals surface area contributed by atoms with Crippen LogP contribution in [0.5, 0.6) is 0 Å². The molecule has 2 heterocycles. The molecule has 1 aliphatic heterocycles. The Morgan fingerprint density at radius 2 is 1.97 bits per heavy atom. The number of hydrogen-bond acceptors (Lipinski definition) is 4. The molecule has 0 fully saturated rings. The molecule has 6 heteroatoms. The van der Waals surface area contributed by atoms with Crippen LogP contribution >= 0.6 is 12.6 Å². The standard InChI is InChI=1S/C23H28N4OS/c1-15(2)12-21-22-25-20(18-9-5-7-16-6-3-4-8-17(16)18)13-26(22)10-11-27(21)23(28)19(24)14-29/h3-9,13,15,19,21,29H,10-12,14,24H2,1-2H3/t19-,21-/m0/s1. The van der Waals surface area contributed by atoms with Gasteiger partial charge < -0.3 is 15.2 Å². The SMILES string of the molecule is CC(C)C[C@H]1c2nc(-c3cccc4ccccc34)cn2CCN1C(=O)[C@@H](N)CS. The predicted molar refractivity (Wildman–Crippen MR) is 121 cm³/mol. The number of rotatable bonds is 5. The summed E-state index contributed by atoms with van der Waals surface area (Å²) in [5, 5.41) is 2.39. The molecule has 29 heavy (non-hydrogen) atoms. The van der Waals surface area contributed by atoms with Gasteiger partial charge in [-0.05, 0) is 23.1 Å². The van der Waals surface area contributed by atoms with Crippen molar-refractivity contribution in [3.63, 3.8) is 0 Å². The van der Waals surface area contributed by atoms with Gasteiger partial charge in [-0.2, -0.15) is 12.6 Å². The van der Waals surface area contributed by atoms with Crippen LogP contribution in [-0.2, 0) is 11.3 Å². The van der Waals surface area contributed by atoms with Crippen LogP contribution in [0.4, 0.5) is 0 Å². The smallest absolute Gasteiger partial charge is 0.241 e. The van der Waals surface area contributed by atoms with Crippen LogP contribution < -0.4 is 5.73 Å². The van der Waals surface area contributed by atoms with Gasteiger partial charge in [0.05, 0.1) is 17.8 Å². The second kappa shape index (κ2) is 8.20. The molecule has 0 aliphatic carbocycles. The summed E-state index contributed by atoms with van der Waals surface area (Å²) in [6.45, 7) is 5.73. The van der Waals surface area contributed by atoms with Gasteiger partial charge in [-0.1, -0.05) is 56.3 Å². The molecule has 0 unspecified atom stereocenters. The van der Waals surface area contributed by atoms with Crippen LogP contribution in [0.25, 0.3) is 22.0 Å². The van der Waals surface area contributed by atoms with E-state index in [1.165, 1.54) is 10.8 Å². The van der Waals surface area contributed by atoms with Crippen LogP contribution in [0, 0.1) is 5.92 Å². The van der Waals surface area contributed by atoms with Crippen molar-refractivity contribution in [2.24, 2.45) is 11.7 Å². The number of fused-ring (bicyclic) bond motifs is 2. The summed E-state index contributed by atoms with van der Waals surface area (Å²) in [6, 6.07) is 14.0. The van der Waals surface area contributed by atoms with Crippen molar-refractivity contribution in [1.82, 2.24) is 14.5 Å². The molecule has 0 bridgehead atoms. The summed E-state index contributed by atoms with van der Waals surface area (Å²) >= 11 is 4.22. The zero-order valence-electron chi connectivity index (χ0n) is 17.0. The van der Waals surface area contributed by atoms with E-state index in [1.807, 2.05) is 4.90 Å². The van der Waals surface area contributed by atoms with Gasteiger partial charge in [-0.25, -0.2) is 4.98 Å². The van der Waals surface area contributed by atoms with Gasteiger partial charge in [-0.3, -0.25) is 4.79 Å². The molecule has 2 aromatic carbocycles. The first kappa shape index (κ1) is 20.0. The molecule has 0 saturated heterocycles. The lowest BCUT2D eigenvalue weighted by Gasteiger charge is -2.38. The number of nitrogens with zero attached hydrogens (tertiary/aromatic N) is 3. The Morgan fingerprint density at radius 1 is 1.21 bits per heavy atom. The third-order valence-electron chi connectivity index (χ3n) is 5.62. The van der Waals surface area contributed by atoms with Gasteiger partial charge in [-0.15, -0.1) is 0 Å². The molecular formula is C23H28N4OS. The molecule has 5 nitrogen and oxygen atoms in total. The summed E-state index contributed by atoms with van der Waals surface area (Å²) in [5.74, 6) is 1.70. The molecule has 2 N–H and O–H groups in total. The van der Waals surface area contributed by atoms with Gasteiger partial charge in [0.2, 0.25) is 5.91 Å². The molecule has 1 aliphatic rings. The summed E-state index contributed by atoms with van der Waals surface area (Å²) in [5.41, 5.74) is 8.10. The van der Waals surface area contributed by atoms with Crippen LogP contribution in [0.15, 0.2) is 48.7 Å². The molecule has 3 aromatic rings. The second-order valence-electron chi connectivity index (χ2n) is 8.17. The Balaban J connectivity index is 1.77. The third kappa shape index (κ3) is 3.79. The van der Waals surface area contributed by atoms with Gasteiger partial charge >= 0.3 is 0 Å². The Labute approximate surface area is 177 Å². The average Bonchev–Trinajstić information content (AvgIpc) is 3.16. The molecule has 0 spiro atoms. The molecular weight excluding hydrogens is 380 g/mol. The van der Waals surface area contributed by atoms with E-state index in [1.54, 1.807) is 0 Å². The van der Waals surface area contributed by atoms with Gasteiger partial charge in [0.15, 0.2) is 0 Å². The Kier molecular flexibility index (Phi) is 5.65. The van der Waals surface area contributed by atoms with E-state index in [9.17, 15) is 4.79 Å². The normalized spacial score (nSPS) is 17.6. The number of aromatic nitrogens is 2. The monoisotopic (exact) mass is 408 g/mol. The van der Waals surface area contributed by atoms with Crippen molar-refractivity contribution in [3.8, 4) is 11.3 Å². The molecule has 1 amide bonds. The summed E-state index contributed by atoms with van der Waals surface area (Å²) in [4.78, 5) is 19.8. The molecule has 4 rings (SSSR count). The van der Waals surface area contributed by atoms with E-state index in [2.05, 4.69) is 79.7 Å². The topological polar surface area (TPSA) is 64.2 Å². The number of thiol groups is 1. The van der Waals surface area contributed by atoms with Crippen molar-refractivity contribution in [3.05, 3.63) is 54.5 Å². The van der Waals surface area contributed by atoms with Crippen molar-refractivity contribution in [2.45, 2.75) is 38.9 Å². The fraction of sp³-hybridized carbons (Fsp3) is 0.391. The first-order valence-electron chi connectivity index (χ1n) is 10.2. The minimum Gasteiger partial charge on any atom is -0.331 e. The van der Waals surface area contributed by atoms with Crippen molar-refractivity contribution in [1.29, 1.82) is 0 Å². The van der Waals surface area contributed by atoms with Crippen LogP contribution in [0.2, 0.25) is 0 Å². The summed E-state index contributed by atoms with van der Waals surface area (Å²) < 4.78 is 2.21. The molecule has 0 radical (unpaired) electrons. The molecule has 1 aromatic heterocycles. The maximum atomic E-state index is 12.9. The molecule has 0 saturated carbocycles. The van der Waals surface area contributed by atoms with E-state index in [-0.39, 0.29) is 11.9 Å². The second-order valence-corrected chi connectivity index (χ2v) is 8.54. The van der Waals surface area contributed by atoms with Crippen molar-refractivity contribution < 1.29 is 4.79 Å². The minimum absolute atomic E-state index is 0.0355. The highest BCUT2D eigenvalue weighted by Crippen LogP contribution is 2.35. The van der Waals surface area contributed by atoms with Crippen LogP contribution in [0.1, 0.15) is 32.1 Å². The quantitative estimate of drug-likeness (QED) is 0.630. The van der Waals surface area contributed by atoms with E-state index in [0.717, 1.165) is 30.0 Å². The first-order valence-corrected chi connectivity index (χ1v) is 10.8. The van der Waals surface area contributed by atoms with Crippen molar-refractivity contribution in [2.75, 3.05) is 12.3 Å². The van der Waals surface area contributed by atoms with E-state index in [4.69, 9.17) is 10.7 Å². The zero-order valence-corrected chi connectivity index (χ0v) is 17.8. The lowest BCUT2D eigenvalue weighted by molar-refractivity contribution is -0.136. The fourth-order valence-corrected chi connectivity index (χ4v) is 4.35. The number of nitrogens with two attached hydrogens (primary N) is 1. The maximum Gasteiger partial charge on any atom is 0.241 e. The zero-order chi connectivity index (χ0) is 20.5. The highest BCUT2D eigenvalue weighted by atomic mass is 32.1. The lowest BCUT2D eigenvalue weighted by Crippen LogP contribution is -2.50. The van der Waals surface area contributed by atoms with E-state index in [0.29, 0.717) is 18.2 Å². The Hall–Kier alpha value is -2.31. The molecule has 152 valence electrons. The van der Waals surface area contributed by atoms with Crippen molar-refractivity contribution >= 4 is 29.3 Å². The predicted octanol–water partition coefficient (Wildman–Crippen LogP) is 3.89. The highest BCUT2D eigenvalue weighted by Gasteiger charge is 2.35. The lowest BCUT2D eigenvalue weighted by atomic mass is 9.99. The summed E-state index contributed by atoms with van der Waals surface area (Å²) in [6.07, 6.45) is 2.99. The number of amides is 1. The largest absolute Gasteiger partial charge is 0.331 e. The number of carbonyl (C=O) groups is 1. The number of benzene rings is 2. The molecule has 2 atom stereocenters. The van der Waals surface area contributed by atoms with Crippen LogP contribution in [0.3, 0.4) is 0 Å². The van der Waals surface area contributed by atoms with Gasteiger partial charge in [0.25, 0.3) is 0 Å². The average molecular weight is 409 g/mol.